The minimum absolute atomic E-state index is 0.0139. The smallest absolute Gasteiger partial charge is 0.338 e. The van der Waals surface area contributed by atoms with Crippen molar-refractivity contribution < 1.29 is 19.1 Å². The molecule has 1 spiro atoms. The van der Waals surface area contributed by atoms with Crippen molar-refractivity contribution in [3.8, 4) is 5.75 Å². The summed E-state index contributed by atoms with van der Waals surface area (Å²) in [4.78, 5) is 30.4. The number of nitrogens with zero attached hydrogens (tertiary/aromatic N) is 2. The van der Waals surface area contributed by atoms with Crippen LogP contribution in [-0.4, -0.2) is 55.7 Å². The third-order valence-electron chi connectivity index (χ3n) is 8.64. The number of hydrogen-bond acceptors (Lipinski definition) is 5. The van der Waals surface area contributed by atoms with Crippen LogP contribution in [0.4, 0.5) is 5.69 Å². The Hall–Kier alpha value is -2.99. The zero-order valence-electron chi connectivity index (χ0n) is 24.2. The van der Waals surface area contributed by atoms with Gasteiger partial charge in [-0.2, -0.15) is 0 Å². The number of carbonyl (C=O) groups is 2. The van der Waals surface area contributed by atoms with E-state index in [-0.39, 0.29) is 29.1 Å². The first-order chi connectivity index (χ1) is 19.0. The summed E-state index contributed by atoms with van der Waals surface area (Å²) in [5.74, 6) is 0.796. The third-order valence-corrected chi connectivity index (χ3v) is 8.88. The first-order valence-electron chi connectivity index (χ1n) is 14.4. The number of esters is 1. The van der Waals surface area contributed by atoms with Crippen molar-refractivity contribution in [3.05, 3.63) is 70.8 Å². The largest absolute Gasteiger partial charge is 0.490 e. The molecule has 7 heteroatoms. The SMILES string of the molecule is C=CCN(C)C(=O)[C@@H]1CC[C@H]1CN1CC2(CCCc3cc(Cl)ccc32)COc2ccc(C(=O)OC(C)(C)C)cc21. The van der Waals surface area contributed by atoms with Crippen LogP contribution in [-0.2, 0) is 21.4 Å². The lowest BCUT2D eigenvalue weighted by Crippen LogP contribution is -2.50. The van der Waals surface area contributed by atoms with E-state index in [0.717, 1.165) is 61.7 Å². The van der Waals surface area contributed by atoms with Crippen molar-refractivity contribution in [2.45, 2.75) is 63.9 Å². The number of anilines is 1. The van der Waals surface area contributed by atoms with Gasteiger partial charge in [0.25, 0.3) is 0 Å². The topological polar surface area (TPSA) is 59.1 Å². The Bertz CT molecular complexity index is 1300. The number of benzene rings is 2. The highest BCUT2D eigenvalue weighted by atomic mass is 35.5. The van der Waals surface area contributed by atoms with Crippen molar-refractivity contribution in [3.63, 3.8) is 0 Å². The van der Waals surface area contributed by atoms with Crippen molar-refractivity contribution in [1.29, 1.82) is 0 Å². The van der Waals surface area contributed by atoms with Crippen LogP contribution in [0.3, 0.4) is 0 Å². The molecule has 6 nitrogen and oxygen atoms in total. The van der Waals surface area contributed by atoms with E-state index in [4.69, 9.17) is 21.1 Å². The molecule has 0 aromatic heterocycles. The lowest BCUT2D eigenvalue weighted by Gasteiger charge is -2.44. The van der Waals surface area contributed by atoms with Crippen molar-refractivity contribution in [1.82, 2.24) is 4.90 Å². The number of likely N-dealkylation sites (N-methyl/N-ethyl adjacent to an activating group) is 1. The lowest BCUT2D eigenvalue weighted by atomic mass is 9.69. The van der Waals surface area contributed by atoms with Gasteiger partial charge in [-0.25, -0.2) is 4.79 Å². The maximum atomic E-state index is 13.2. The van der Waals surface area contributed by atoms with Gasteiger partial charge in [0.2, 0.25) is 5.91 Å². The predicted molar refractivity (Wildman–Crippen MR) is 159 cm³/mol. The normalized spacial score (nSPS) is 23.7. The Kier molecular flexibility index (Phi) is 7.93. The average molecular weight is 565 g/mol. The summed E-state index contributed by atoms with van der Waals surface area (Å²) in [7, 11) is 1.85. The molecular formula is C33H41ClN2O4. The maximum Gasteiger partial charge on any atom is 0.338 e. The highest BCUT2D eigenvalue weighted by Gasteiger charge is 2.44. The number of ether oxygens (including phenoxy) is 2. The molecule has 40 heavy (non-hydrogen) atoms. The molecule has 0 N–H and O–H groups in total. The van der Waals surface area contributed by atoms with Crippen LogP contribution in [0, 0.1) is 11.8 Å². The third kappa shape index (κ3) is 5.74. The summed E-state index contributed by atoms with van der Waals surface area (Å²) >= 11 is 6.39. The van der Waals surface area contributed by atoms with Crippen LogP contribution in [0.25, 0.3) is 0 Å². The van der Waals surface area contributed by atoms with Crippen LogP contribution < -0.4 is 9.64 Å². The predicted octanol–water partition coefficient (Wildman–Crippen LogP) is 6.44. The van der Waals surface area contributed by atoms with Gasteiger partial charge in [-0.1, -0.05) is 23.7 Å². The Morgan fingerprint density at radius 1 is 1.23 bits per heavy atom. The molecule has 2 aromatic rings. The fourth-order valence-corrected chi connectivity index (χ4v) is 6.74. The number of hydrogen-bond donors (Lipinski definition) is 0. The van der Waals surface area contributed by atoms with Gasteiger partial charge in [-0.3, -0.25) is 4.79 Å². The van der Waals surface area contributed by atoms with Gasteiger partial charge in [0, 0.05) is 43.0 Å². The molecule has 5 rings (SSSR count). The van der Waals surface area contributed by atoms with Crippen LogP contribution >= 0.6 is 11.6 Å². The van der Waals surface area contributed by atoms with E-state index >= 15 is 0 Å². The summed E-state index contributed by atoms with van der Waals surface area (Å²) in [6, 6.07) is 11.8. The number of rotatable bonds is 6. The molecule has 2 aromatic carbocycles. The van der Waals surface area contributed by atoms with Gasteiger partial charge in [0.1, 0.15) is 11.4 Å². The average Bonchev–Trinajstić information content (AvgIpc) is 3.02. The first-order valence-corrected chi connectivity index (χ1v) is 14.8. The number of halogens is 1. The molecule has 1 heterocycles. The van der Waals surface area contributed by atoms with E-state index in [1.165, 1.54) is 11.1 Å². The fraction of sp³-hybridized carbons (Fsp3) is 0.515. The number of fused-ring (bicyclic) bond motifs is 3. The van der Waals surface area contributed by atoms with Crippen LogP contribution in [0.2, 0.25) is 5.02 Å². The molecule has 1 aliphatic heterocycles. The molecule has 3 aliphatic rings. The van der Waals surface area contributed by atoms with Crippen molar-refractivity contribution in [2.24, 2.45) is 11.8 Å². The highest BCUT2D eigenvalue weighted by Crippen LogP contribution is 2.46. The molecule has 1 unspecified atom stereocenters. The Balaban J connectivity index is 1.51. The Morgan fingerprint density at radius 3 is 2.73 bits per heavy atom. The molecular weight excluding hydrogens is 524 g/mol. The summed E-state index contributed by atoms with van der Waals surface area (Å²) < 4.78 is 12.3. The second kappa shape index (κ2) is 11.1. The molecule has 1 saturated carbocycles. The quantitative estimate of drug-likeness (QED) is 0.298. The highest BCUT2D eigenvalue weighted by molar-refractivity contribution is 6.30. The summed E-state index contributed by atoms with van der Waals surface area (Å²) in [5.41, 5.74) is 3.16. The van der Waals surface area contributed by atoms with Gasteiger partial charge >= 0.3 is 5.97 Å². The van der Waals surface area contributed by atoms with E-state index in [2.05, 4.69) is 23.6 Å². The molecule has 1 fully saturated rings. The van der Waals surface area contributed by atoms with E-state index in [1.807, 2.05) is 46.0 Å². The number of aryl methyl sites for hydroxylation is 1. The van der Waals surface area contributed by atoms with Crippen molar-refractivity contribution in [2.75, 3.05) is 38.2 Å². The lowest BCUT2D eigenvalue weighted by molar-refractivity contribution is -0.139. The zero-order chi connectivity index (χ0) is 28.7. The fourth-order valence-electron chi connectivity index (χ4n) is 6.54. The standard InChI is InChI=1S/C33H41ClN2O4/c1-6-16-35(5)30(37)26-12-9-24(26)19-36-20-33(15-7-8-22-17-25(34)11-13-27(22)33)21-39-29-14-10-23(18-28(29)36)31(38)40-32(2,3)4/h6,10-11,13-14,17-18,24,26H,1,7-9,12,15-16,19-21H2,2-5H3/t24-,26+,33?/m0/s1. The number of amides is 1. The molecule has 3 atom stereocenters. The van der Waals surface area contributed by atoms with Crippen molar-refractivity contribution >= 4 is 29.2 Å². The molecule has 1 amide bonds. The molecule has 2 aliphatic carbocycles. The van der Waals surface area contributed by atoms with Gasteiger partial charge in [-0.15, -0.1) is 6.58 Å². The number of carbonyl (C=O) groups excluding carboxylic acids is 2. The Labute approximate surface area is 243 Å². The second-order valence-electron chi connectivity index (χ2n) is 12.7. The summed E-state index contributed by atoms with van der Waals surface area (Å²) in [6.45, 7) is 12.0. The van der Waals surface area contributed by atoms with Crippen LogP contribution in [0.5, 0.6) is 5.75 Å². The zero-order valence-corrected chi connectivity index (χ0v) is 24.9. The first kappa shape index (κ1) is 28.5. The summed E-state index contributed by atoms with van der Waals surface area (Å²) in [6.07, 6.45) is 6.72. The maximum absolute atomic E-state index is 13.2. The Morgan fingerprint density at radius 2 is 2.02 bits per heavy atom. The van der Waals surface area contributed by atoms with Crippen LogP contribution in [0.15, 0.2) is 49.1 Å². The van der Waals surface area contributed by atoms with E-state index < -0.39 is 5.60 Å². The van der Waals surface area contributed by atoms with Gasteiger partial charge in [0.15, 0.2) is 0 Å². The minimum Gasteiger partial charge on any atom is -0.490 e. The minimum atomic E-state index is -0.589. The summed E-state index contributed by atoms with van der Waals surface area (Å²) in [5, 5.41) is 0.756. The molecule has 0 radical (unpaired) electrons. The van der Waals surface area contributed by atoms with Gasteiger partial charge in [0.05, 0.1) is 17.9 Å². The molecule has 214 valence electrons. The van der Waals surface area contributed by atoms with E-state index in [9.17, 15) is 9.59 Å². The van der Waals surface area contributed by atoms with E-state index in [1.54, 1.807) is 17.0 Å². The van der Waals surface area contributed by atoms with E-state index in [0.29, 0.717) is 18.7 Å². The molecule has 0 saturated heterocycles. The van der Waals surface area contributed by atoms with Gasteiger partial charge in [-0.05, 0) is 100 Å². The van der Waals surface area contributed by atoms with Crippen LogP contribution in [0.1, 0.15) is 67.9 Å². The molecule has 0 bridgehead atoms. The monoisotopic (exact) mass is 564 g/mol. The second-order valence-corrected chi connectivity index (χ2v) is 13.2. The van der Waals surface area contributed by atoms with Gasteiger partial charge < -0.3 is 19.3 Å².